The summed E-state index contributed by atoms with van der Waals surface area (Å²) in [5.41, 5.74) is 2.21. The van der Waals surface area contributed by atoms with Crippen molar-refractivity contribution in [3.8, 4) is 17.1 Å². The van der Waals surface area contributed by atoms with Crippen LogP contribution >= 0.6 is 0 Å². The van der Waals surface area contributed by atoms with Crippen LogP contribution in [0.5, 0.6) is 0 Å². The van der Waals surface area contributed by atoms with E-state index in [0.717, 1.165) is 11.8 Å². The van der Waals surface area contributed by atoms with E-state index >= 15 is 0 Å². The SMILES string of the molecule is CC(C)(C)c1ccc(-n2cc(NC(=O)c3coc(-c4ccnc(NCC(F)(F)F)c4)n3)c(N3CCN(CCO)C3=O)n2)cc1. The van der Waals surface area contributed by atoms with Gasteiger partial charge in [0.1, 0.15) is 24.3 Å². The third kappa shape index (κ3) is 6.83. The first-order valence-electron chi connectivity index (χ1n) is 13.7. The molecule has 3 N–H and O–H groups in total. The number of benzene rings is 1. The fraction of sp³-hybridized carbons (Fsp3) is 0.345. The van der Waals surface area contributed by atoms with Crippen molar-refractivity contribution in [2.24, 2.45) is 0 Å². The minimum Gasteiger partial charge on any atom is -0.444 e. The maximum Gasteiger partial charge on any atom is 0.405 e. The Labute approximate surface area is 250 Å². The van der Waals surface area contributed by atoms with E-state index in [2.05, 4.69) is 46.5 Å². The van der Waals surface area contributed by atoms with Crippen molar-refractivity contribution in [1.29, 1.82) is 0 Å². The number of β-amino-alcohol motifs (C(OH)–C–C–N with tert-alkyl or cyclic N) is 1. The molecule has 1 saturated heterocycles. The van der Waals surface area contributed by atoms with Crippen LogP contribution in [0, 0.1) is 0 Å². The van der Waals surface area contributed by atoms with Crippen LogP contribution in [-0.2, 0) is 5.41 Å². The van der Waals surface area contributed by atoms with E-state index in [9.17, 15) is 27.9 Å². The predicted molar refractivity (Wildman–Crippen MR) is 156 cm³/mol. The molecule has 1 aromatic carbocycles. The number of urea groups is 1. The molecule has 4 heterocycles. The molecule has 44 heavy (non-hydrogen) atoms. The number of rotatable bonds is 9. The van der Waals surface area contributed by atoms with Crippen molar-refractivity contribution in [3.63, 3.8) is 0 Å². The van der Waals surface area contributed by atoms with Gasteiger partial charge in [-0.15, -0.1) is 5.10 Å². The third-order valence-electron chi connectivity index (χ3n) is 6.88. The normalized spacial score (nSPS) is 13.9. The Balaban J connectivity index is 1.40. The van der Waals surface area contributed by atoms with Gasteiger partial charge in [-0.3, -0.25) is 9.69 Å². The molecule has 5 rings (SSSR count). The van der Waals surface area contributed by atoms with E-state index in [1.165, 1.54) is 28.1 Å². The van der Waals surface area contributed by atoms with Crippen LogP contribution in [0.25, 0.3) is 17.1 Å². The summed E-state index contributed by atoms with van der Waals surface area (Å²) in [6.07, 6.45) is -0.429. The second-order valence-electron chi connectivity index (χ2n) is 11.1. The quantitative estimate of drug-likeness (QED) is 0.248. The standard InChI is InChI=1S/C29H31F3N8O4/c1-28(2,3)19-4-6-20(7-5-19)40-15-21(24(37-40)39-11-10-38(12-13-41)27(39)43)35-25(42)22-16-44-26(36-22)18-8-9-33-23(14-18)34-17-29(30,31)32/h4-9,14-16,41H,10-13,17H2,1-3H3,(H,33,34)(H,35,42). The summed E-state index contributed by atoms with van der Waals surface area (Å²) in [6.45, 7) is 5.68. The van der Waals surface area contributed by atoms with E-state index in [1.807, 2.05) is 24.3 Å². The summed E-state index contributed by atoms with van der Waals surface area (Å²) in [4.78, 5) is 37.3. The number of carbonyl (C=O) groups is 2. The van der Waals surface area contributed by atoms with Crippen LogP contribution in [0.1, 0.15) is 36.8 Å². The Morgan fingerprint density at radius 2 is 1.86 bits per heavy atom. The van der Waals surface area contributed by atoms with Crippen LogP contribution in [0.2, 0.25) is 0 Å². The highest BCUT2D eigenvalue weighted by atomic mass is 19.4. The first kappa shape index (κ1) is 30.5. The molecule has 0 spiro atoms. The summed E-state index contributed by atoms with van der Waals surface area (Å²) < 4.78 is 44.8. The number of carbonyl (C=O) groups excluding carboxylic acids is 2. The van der Waals surface area contributed by atoms with Gasteiger partial charge in [0, 0.05) is 31.4 Å². The van der Waals surface area contributed by atoms with Crippen LogP contribution < -0.4 is 15.5 Å². The topological polar surface area (TPSA) is 142 Å². The van der Waals surface area contributed by atoms with Gasteiger partial charge in [0.2, 0.25) is 5.89 Å². The Bertz CT molecular complexity index is 1640. The zero-order chi connectivity index (χ0) is 31.6. The maximum atomic E-state index is 13.3. The van der Waals surface area contributed by atoms with Crippen molar-refractivity contribution < 1.29 is 32.3 Å². The lowest BCUT2D eigenvalue weighted by atomic mass is 9.87. The number of nitrogens with one attached hydrogen (secondary N) is 2. The summed E-state index contributed by atoms with van der Waals surface area (Å²) in [7, 11) is 0. The molecule has 12 nitrogen and oxygen atoms in total. The molecule has 1 aliphatic heterocycles. The average molecular weight is 613 g/mol. The van der Waals surface area contributed by atoms with E-state index in [0.29, 0.717) is 24.3 Å². The van der Waals surface area contributed by atoms with Gasteiger partial charge in [-0.2, -0.15) is 13.2 Å². The highest BCUT2D eigenvalue weighted by Crippen LogP contribution is 2.31. The lowest BCUT2D eigenvalue weighted by Crippen LogP contribution is -2.34. The number of oxazole rings is 1. The van der Waals surface area contributed by atoms with Gasteiger partial charge in [-0.05, 0) is 35.2 Å². The largest absolute Gasteiger partial charge is 0.444 e. The van der Waals surface area contributed by atoms with Crippen molar-refractivity contribution in [1.82, 2.24) is 24.6 Å². The summed E-state index contributed by atoms with van der Waals surface area (Å²) >= 11 is 0. The molecule has 3 aromatic heterocycles. The van der Waals surface area contributed by atoms with Crippen LogP contribution in [-0.4, -0.2) is 80.7 Å². The molecule has 0 saturated carbocycles. The predicted octanol–water partition coefficient (Wildman–Crippen LogP) is 4.68. The molecule has 0 aliphatic carbocycles. The lowest BCUT2D eigenvalue weighted by molar-refractivity contribution is -0.115. The lowest BCUT2D eigenvalue weighted by Gasteiger charge is -2.19. The van der Waals surface area contributed by atoms with Crippen LogP contribution in [0.15, 0.2) is 59.5 Å². The molecule has 1 aliphatic rings. The number of amides is 3. The van der Waals surface area contributed by atoms with Gasteiger partial charge >= 0.3 is 12.2 Å². The Kier molecular flexibility index (Phi) is 8.32. The minimum atomic E-state index is -4.43. The number of aliphatic hydroxyl groups excluding tert-OH is 1. The molecule has 232 valence electrons. The summed E-state index contributed by atoms with van der Waals surface area (Å²) in [5, 5.41) is 18.9. The molecule has 0 unspecified atom stereocenters. The number of hydrogen-bond acceptors (Lipinski definition) is 8. The second kappa shape index (κ2) is 12.0. The number of pyridine rings is 1. The van der Waals surface area contributed by atoms with Gasteiger partial charge in [-0.1, -0.05) is 32.9 Å². The Morgan fingerprint density at radius 3 is 2.55 bits per heavy atom. The van der Waals surface area contributed by atoms with Gasteiger partial charge in [0.15, 0.2) is 11.5 Å². The molecule has 0 bridgehead atoms. The van der Waals surface area contributed by atoms with Crippen LogP contribution in [0.4, 0.5) is 35.3 Å². The summed E-state index contributed by atoms with van der Waals surface area (Å²) in [6, 6.07) is 10.2. The number of nitrogens with zero attached hydrogens (tertiary/aromatic N) is 6. The molecule has 3 amide bonds. The number of halogens is 3. The zero-order valence-electron chi connectivity index (χ0n) is 24.2. The number of anilines is 3. The fourth-order valence-corrected chi connectivity index (χ4v) is 4.55. The monoisotopic (exact) mass is 612 g/mol. The molecule has 4 aromatic rings. The molecule has 0 radical (unpaired) electrons. The minimum absolute atomic E-state index is 0.00293. The van der Waals surface area contributed by atoms with Gasteiger partial charge in [0.25, 0.3) is 5.91 Å². The molecule has 15 heteroatoms. The zero-order valence-corrected chi connectivity index (χ0v) is 24.2. The molecule has 0 atom stereocenters. The first-order chi connectivity index (χ1) is 20.8. The van der Waals surface area contributed by atoms with E-state index in [-0.39, 0.29) is 53.5 Å². The molecular weight excluding hydrogens is 581 g/mol. The van der Waals surface area contributed by atoms with Crippen molar-refractivity contribution >= 4 is 29.3 Å². The fourth-order valence-electron chi connectivity index (χ4n) is 4.55. The van der Waals surface area contributed by atoms with Crippen molar-refractivity contribution in [2.45, 2.75) is 32.4 Å². The number of hydrogen-bond donors (Lipinski definition) is 3. The maximum absolute atomic E-state index is 13.3. The number of aromatic nitrogens is 4. The number of alkyl halides is 3. The van der Waals surface area contributed by atoms with Gasteiger partial charge in [-0.25, -0.2) is 19.4 Å². The average Bonchev–Trinajstić information content (AvgIpc) is 3.71. The highest BCUT2D eigenvalue weighted by molar-refractivity contribution is 6.06. The third-order valence-corrected chi connectivity index (χ3v) is 6.88. The van der Waals surface area contributed by atoms with E-state index in [1.54, 1.807) is 10.9 Å². The molecule has 1 fully saturated rings. The van der Waals surface area contributed by atoms with E-state index in [4.69, 9.17) is 4.42 Å². The summed E-state index contributed by atoms with van der Waals surface area (Å²) in [5.74, 6) is -0.492. The van der Waals surface area contributed by atoms with Crippen LogP contribution in [0.3, 0.4) is 0 Å². The second-order valence-corrected chi connectivity index (χ2v) is 11.1. The van der Waals surface area contributed by atoms with E-state index < -0.39 is 18.6 Å². The number of aliphatic hydroxyl groups is 1. The van der Waals surface area contributed by atoms with Gasteiger partial charge in [0.05, 0.1) is 18.5 Å². The van der Waals surface area contributed by atoms with Gasteiger partial charge < -0.3 is 25.1 Å². The Hall–Kier alpha value is -4.92. The highest BCUT2D eigenvalue weighted by Gasteiger charge is 2.33. The first-order valence-corrected chi connectivity index (χ1v) is 13.7. The smallest absolute Gasteiger partial charge is 0.405 e. The Morgan fingerprint density at radius 1 is 1.11 bits per heavy atom. The van der Waals surface area contributed by atoms with Crippen molar-refractivity contribution in [2.75, 3.05) is 48.3 Å². The van der Waals surface area contributed by atoms with Crippen molar-refractivity contribution in [3.05, 3.63) is 66.3 Å². The molecular formula is C29H31F3N8O4.